The zero-order chi connectivity index (χ0) is 20.7. The van der Waals surface area contributed by atoms with Gasteiger partial charge in [-0.15, -0.1) is 0 Å². The van der Waals surface area contributed by atoms with E-state index in [0.29, 0.717) is 6.42 Å². The number of benzene rings is 2. The Hall–Kier alpha value is -2.25. The number of rotatable bonds is 9. The van der Waals surface area contributed by atoms with E-state index >= 15 is 0 Å². The highest BCUT2D eigenvalue weighted by Gasteiger charge is 2.19. The molecule has 0 spiro atoms. The second-order valence-corrected chi connectivity index (χ2v) is 7.44. The summed E-state index contributed by atoms with van der Waals surface area (Å²) >= 11 is 0. The van der Waals surface area contributed by atoms with Gasteiger partial charge in [-0.3, -0.25) is 4.79 Å². The molecule has 0 aromatic heterocycles. The van der Waals surface area contributed by atoms with Gasteiger partial charge in [0.15, 0.2) is 0 Å². The van der Waals surface area contributed by atoms with E-state index < -0.39 is 12.3 Å². The zero-order valence-electron chi connectivity index (χ0n) is 16.7. The summed E-state index contributed by atoms with van der Waals surface area (Å²) < 4.78 is 5.36. The van der Waals surface area contributed by atoms with Crippen molar-refractivity contribution in [1.82, 2.24) is 0 Å². The average Bonchev–Trinajstić information content (AvgIpc) is 2.64. The maximum atomic E-state index is 12.3. The lowest BCUT2D eigenvalue weighted by Gasteiger charge is -2.19. The van der Waals surface area contributed by atoms with Crippen LogP contribution in [-0.2, 0) is 16.0 Å². The first-order valence-electron chi connectivity index (χ1n) is 9.66. The zero-order valence-corrected chi connectivity index (χ0v) is 16.7. The Morgan fingerprint density at radius 1 is 0.893 bits per heavy atom. The maximum absolute atomic E-state index is 12.3. The van der Waals surface area contributed by atoms with Crippen LogP contribution >= 0.6 is 0 Å². The Morgan fingerprint density at radius 3 is 2.07 bits per heavy atom. The fraction of sp³-hybridized carbons (Fsp3) is 0.409. The summed E-state index contributed by atoms with van der Waals surface area (Å²) in [7, 11) is 0. The van der Waals surface area contributed by atoms with Crippen molar-refractivity contribution in [2.45, 2.75) is 57.5 Å². The topological polar surface area (TPSA) is 130 Å². The third kappa shape index (κ3) is 6.73. The smallest absolute Gasteiger partial charge is 0.306 e. The Balaban J connectivity index is 2.15. The van der Waals surface area contributed by atoms with Crippen molar-refractivity contribution in [3.63, 3.8) is 0 Å². The van der Waals surface area contributed by atoms with E-state index in [4.69, 9.17) is 27.7 Å². The van der Waals surface area contributed by atoms with Crippen LogP contribution in [0.15, 0.2) is 48.5 Å². The molecule has 0 aliphatic heterocycles. The van der Waals surface area contributed by atoms with Crippen LogP contribution in [0, 0.1) is 0 Å². The maximum Gasteiger partial charge on any atom is 0.306 e. The molecule has 8 N–H and O–H groups in total. The highest BCUT2D eigenvalue weighted by molar-refractivity contribution is 5.70. The van der Waals surface area contributed by atoms with Crippen LogP contribution in [0.1, 0.15) is 67.2 Å². The Morgan fingerprint density at radius 2 is 1.50 bits per heavy atom. The second-order valence-electron chi connectivity index (χ2n) is 7.44. The molecule has 0 aliphatic rings. The number of esters is 1. The molecule has 0 aliphatic carbocycles. The Labute approximate surface area is 167 Å². The predicted octanol–water partition coefficient (Wildman–Crippen LogP) is 2.58. The summed E-state index contributed by atoms with van der Waals surface area (Å²) in [6, 6.07) is 15.7. The van der Waals surface area contributed by atoms with E-state index in [1.54, 1.807) is 0 Å². The molecule has 6 nitrogen and oxygen atoms in total. The quantitative estimate of drug-likeness (QED) is 0.388. The van der Waals surface area contributed by atoms with Gasteiger partial charge in [-0.25, -0.2) is 0 Å². The number of aryl methyl sites for hydroxylation is 1. The molecule has 1 unspecified atom stereocenters. The van der Waals surface area contributed by atoms with Gasteiger partial charge in [0.2, 0.25) is 0 Å². The van der Waals surface area contributed by atoms with Crippen LogP contribution in [0.3, 0.4) is 0 Å². The molecule has 2 aromatic carbocycles. The second kappa shape index (κ2) is 10.3. The molecule has 2 aromatic rings. The lowest BCUT2D eigenvalue weighted by atomic mass is 9.88. The van der Waals surface area contributed by atoms with Crippen molar-refractivity contribution in [3.8, 4) is 0 Å². The van der Waals surface area contributed by atoms with Crippen molar-refractivity contribution >= 4 is 5.97 Å². The number of hydrogen-bond donors (Lipinski definition) is 4. The van der Waals surface area contributed by atoms with E-state index in [0.717, 1.165) is 29.5 Å². The molecule has 0 amide bonds. The monoisotopic (exact) mass is 384 g/mol. The van der Waals surface area contributed by atoms with Crippen LogP contribution in [0.5, 0.6) is 0 Å². The van der Waals surface area contributed by atoms with Crippen molar-refractivity contribution < 1.29 is 9.53 Å². The molecule has 2 rings (SSSR count). The van der Waals surface area contributed by atoms with Gasteiger partial charge in [0, 0.05) is 0 Å². The van der Waals surface area contributed by atoms with E-state index in [9.17, 15) is 4.79 Å². The minimum atomic E-state index is -0.545. The molecule has 0 bridgehead atoms. The summed E-state index contributed by atoms with van der Waals surface area (Å²) in [6.45, 7) is 3.70. The highest BCUT2D eigenvalue weighted by Crippen LogP contribution is 2.28. The first-order valence-corrected chi connectivity index (χ1v) is 9.66. The fourth-order valence-electron chi connectivity index (χ4n) is 3.17. The summed E-state index contributed by atoms with van der Waals surface area (Å²) in [5, 5.41) is 0. The standard InChI is InChI=1S/C22H32N4O2/c1-14(2)28-20(27)13-18(17-4-3-5-19(12-17)22(25)26)11-8-15-6-9-16(10-7-15)21(23)24/h3-7,9-10,12,14,18,21-22H,8,11,13,23-26H2,1-2H3. The Bertz CT molecular complexity index is 757. The molecule has 0 saturated carbocycles. The van der Waals surface area contributed by atoms with Gasteiger partial charge in [0.1, 0.15) is 0 Å². The van der Waals surface area contributed by atoms with Gasteiger partial charge in [-0.05, 0) is 54.9 Å². The lowest BCUT2D eigenvalue weighted by molar-refractivity contribution is -0.147. The summed E-state index contributed by atoms with van der Waals surface area (Å²) in [5.41, 5.74) is 27.0. The molecule has 6 heteroatoms. The van der Waals surface area contributed by atoms with Gasteiger partial charge in [0.25, 0.3) is 0 Å². The molecule has 0 saturated heterocycles. The van der Waals surface area contributed by atoms with Gasteiger partial charge >= 0.3 is 5.97 Å². The van der Waals surface area contributed by atoms with E-state index in [-0.39, 0.29) is 18.0 Å². The average molecular weight is 385 g/mol. The van der Waals surface area contributed by atoms with Gasteiger partial charge in [-0.1, -0.05) is 48.5 Å². The van der Waals surface area contributed by atoms with E-state index in [1.807, 2.05) is 62.4 Å². The molecular weight excluding hydrogens is 352 g/mol. The van der Waals surface area contributed by atoms with E-state index in [2.05, 4.69) is 0 Å². The summed E-state index contributed by atoms with van der Waals surface area (Å²) in [4.78, 5) is 12.3. The van der Waals surface area contributed by atoms with Crippen LogP contribution < -0.4 is 22.9 Å². The first kappa shape index (κ1) is 22.0. The van der Waals surface area contributed by atoms with E-state index in [1.165, 1.54) is 5.56 Å². The number of carbonyl (C=O) groups is 1. The SMILES string of the molecule is CC(C)OC(=O)CC(CCc1ccc(C(N)N)cc1)c1cccc(C(N)N)c1. The summed E-state index contributed by atoms with van der Waals surface area (Å²) in [6.07, 6.45) is 0.771. The number of carbonyl (C=O) groups excluding carboxylic acids is 1. The Kier molecular flexibility index (Phi) is 8.14. The molecule has 28 heavy (non-hydrogen) atoms. The van der Waals surface area contributed by atoms with Crippen molar-refractivity contribution in [2.75, 3.05) is 0 Å². The normalized spacial score (nSPS) is 12.6. The fourth-order valence-corrected chi connectivity index (χ4v) is 3.17. The van der Waals surface area contributed by atoms with Gasteiger partial charge in [-0.2, -0.15) is 0 Å². The van der Waals surface area contributed by atoms with Crippen molar-refractivity contribution in [1.29, 1.82) is 0 Å². The molecule has 1 atom stereocenters. The van der Waals surface area contributed by atoms with Crippen LogP contribution in [0.2, 0.25) is 0 Å². The first-order chi connectivity index (χ1) is 13.3. The largest absolute Gasteiger partial charge is 0.463 e. The van der Waals surface area contributed by atoms with Gasteiger partial charge < -0.3 is 27.7 Å². The number of ether oxygens (including phenoxy) is 1. The minimum Gasteiger partial charge on any atom is -0.463 e. The van der Waals surface area contributed by atoms with Gasteiger partial charge in [0.05, 0.1) is 24.9 Å². The molecule has 152 valence electrons. The van der Waals surface area contributed by atoms with Crippen LogP contribution in [0.25, 0.3) is 0 Å². The van der Waals surface area contributed by atoms with Crippen LogP contribution in [-0.4, -0.2) is 12.1 Å². The third-order valence-electron chi connectivity index (χ3n) is 4.69. The highest BCUT2D eigenvalue weighted by atomic mass is 16.5. The summed E-state index contributed by atoms with van der Waals surface area (Å²) in [5.74, 6) is -0.187. The molecule has 0 radical (unpaired) electrons. The third-order valence-corrected chi connectivity index (χ3v) is 4.69. The van der Waals surface area contributed by atoms with Crippen molar-refractivity contribution in [2.24, 2.45) is 22.9 Å². The predicted molar refractivity (Wildman–Crippen MR) is 112 cm³/mol. The molecular formula is C22H32N4O2. The number of nitrogens with two attached hydrogens (primary N) is 4. The molecule has 0 fully saturated rings. The minimum absolute atomic E-state index is 0.0152. The molecule has 0 heterocycles. The lowest BCUT2D eigenvalue weighted by Crippen LogP contribution is -2.20. The van der Waals surface area contributed by atoms with Crippen LogP contribution in [0.4, 0.5) is 0 Å². The number of hydrogen-bond acceptors (Lipinski definition) is 6. The van der Waals surface area contributed by atoms with Crippen molar-refractivity contribution in [3.05, 3.63) is 70.8 Å².